The zero-order chi connectivity index (χ0) is 12.2. The Morgan fingerprint density at radius 3 is 2.24 bits per heavy atom. The maximum absolute atomic E-state index is 10.2. The zero-order valence-electron chi connectivity index (χ0n) is 8.55. The molecule has 0 aliphatic heterocycles. The Morgan fingerprint density at radius 2 is 1.47 bits per heavy atom. The summed E-state index contributed by atoms with van der Waals surface area (Å²) in [4.78, 5) is 0. The summed E-state index contributed by atoms with van der Waals surface area (Å²) < 4.78 is 0. The van der Waals surface area contributed by atoms with Crippen LogP contribution in [0, 0.1) is 0 Å². The molecule has 1 N–H and O–H groups in total. The summed E-state index contributed by atoms with van der Waals surface area (Å²) in [5.41, 5.74) is 3.44. The second-order valence-corrected chi connectivity index (χ2v) is 5.24. The predicted molar refractivity (Wildman–Crippen MR) is 71.0 cm³/mol. The summed E-state index contributed by atoms with van der Waals surface area (Å²) in [5, 5.41) is 11.8. The van der Waals surface area contributed by atoms with Crippen molar-refractivity contribution < 1.29 is 5.11 Å². The second kappa shape index (κ2) is 3.89. The molecule has 0 fully saturated rings. The third-order valence-corrected chi connectivity index (χ3v) is 3.94. The van der Waals surface area contributed by atoms with Crippen LogP contribution in [0.2, 0.25) is 15.1 Å². The van der Waals surface area contributed by atoms with Crippen LogP contribution in [0.1, 0.15) is 17.2 Å². The summed E-state index contributed by atoms with van der Waals surface area (Å²) in [6, 6.07) is 8.94. The van der Waals surface area contributed by atoms with E-state index in [0.717, 1.165) is 22.3 Å². The molecule has 0 bridgehead atoms. The predicted octanol–water partition coefficient (Wildman–Crippen LogP) is 4.71. The van der Waals surface area contributed by atoms with Gasteiger partial charge in [-0.25, -0.2) is 0 Å². The van der Waals surface area contributed by atoms with Crippen LogP contribution in [0.15, 0.2) is 30.3 Å². The minimum absolute atomic E-state index is 0.448. The van der Waals surface area contributed by atoms with Crippen LogP contribution >= 0.6 is 34.8 Å². The Hall–Kier alpha value is -0.730. The SMILES string of the molecule is O[C@@H]1c2cc(Cl)ccc2-c2cc(Cl)c(Cl)cc21. The van der Waals surface area contributed by atoms with E-state index in [2.05, 4.69) is 0 Å². The first-order valence-electron chi connectivity index (χ1n) is 5.05. The van der Waals surface area contributed by atoms with Gasteiger partial charge >= 0.3 is 0 Å². The summed E-state index contributed by atoms with van der Waals surface area (Å²) in [6.45, 7) is 0. The lowest BCUT2D eigenvalue weighted by molar-refractivity contribution is 0.225. The first-order valence-corrected chi connectivity index (χ1v) is 6.18. The number of aliphatic hydroxyl groups is 1. The topological polar surface area (TPSA) is 20.2 Å². The molecule has 0 aromatic heterocycles. The van der Waals surface area contributed by atoms with E-state index in [-0.39, 0.29) is 0 Å². The van der Waals surface area contributed by atoms with Gasteiger partial charge in [-0.3, -0.25) is 0 Å². The molecule has 0 unspecified atom stereocenters. The molecule has 1 aliphatic carbocycles. The molecule has 1 aliphatic rings. The maximum atomic E-state index is 10.2. The average Bonchev–Trinajstić information content (AvgIpc) is 2.54. The zero-order valence-corrected chi connectivity index (χ0v) is 10.8. The maximum Gasteiger partial charge on any atom is 0.105 e. The van der Waals surface area contributed by atoms with Crippen LogP contribution in [0.25, 0.3) is 11.1 Å². The summed E-state index contributed by atoms with van der Waals surface area (Å²) in [6.07, 6.45) is -0.687. The molecule has 0 saturated carbocycles. The van der Waals surface area contributed by atoms with Crippen LogP contribution in [-0.2, 0) is 0 Å². The van der Waals surface area contributed by atoms with E-state index in [1.165, 1.54) is 0 Å². The molecule has 17 heavy (non-hydrogen) atoms. The largest absolute Gasteiger partial charge is 0.384 e. The van der Waals surface area contributed by atoms with Gasteiger partial charge in [0.15, 0.2) is 0 Å². The van der Waals surface area contributed by atoms with Crippen LogP contribution in [0.4, 0.5) is 0 Å². The molecule has 0 saturated heterocycles. The highest BCUT2D eigenvalue weighted by Gasteiger charge is 2.28. The molecule has 0 amide bonds. The third-order valence-electron chi connectivity index (χ3n) is 2.99. The summed E-state index contributed by atoms with van der Waals surface area (Å²) >= 11 is 17.9. The lowest BCUT2D eigenvalue weighted by atomic mass is 10.1. The number of aliphatic hydroxyl groups excluding tert-OH is 1. The number of hydrogen-bond acceptors (Lipinski definition) is 1. The first-order chi connectivity index (χ1) is 8.08. The number of benzene rings is 2. The van der Waals surface area contributed by atoms with Crippen molar-refractivity contribution in [3.63, 3.8) is 0 Å². The molecule has 2 aromatic rings. The van der Waals surface area contributed by atoms with Crippen molar-refractivity contribution in [1.82, 2.24) is 0 Å². The fourth-order valence-corrected chi connectivity index (χ4v) is 2.71. The van der Waals surface area contributed by atoms with E-state index >= 15 is 0 Å². The highest BCUT2D eigenvalue weighted by Crippen LogP contribution is 2.46. The lowest BCUT2D eigenvalue weighted by Crippen LogP contribution is -1.93. The monoisotopic (exact) mass is 284 g/mol. The van der Waals surface area contributed by atoms with Crippen LogP contribution in [0.3, 0.4) is 0 Å². The van der Waals surface area contributed by atoms with E-state index in [0.29, 0.717) is 15.1 Å². The summed E-state index contributed by atoms with van der Waals surface area (Å²) in [7, 11) is 0. The van der Waals surface area contributed by atoms with Gasteiger partial charge in [0.25, 0.3) is 0 Å². The lowest BCUT2D eigenvalue weighted by Gasteiger charge is -2.06. The van der Waals surface area contributed by atoms with Gasteiger partial charge in [-0.15, -0.1) is 0 Å². The Labute approximate surface area is 114 Å². The van der Waals surface area contributed by atoms with Gasteiger partial charge in [0.05, 0.1) is 10.0 Å². The molecule has 2 aromatic carbocycles. The third kappa shape index (κ3) is 1.66. The molecular formula is C13H7Cl3O. The summed E-state index contributed by atoms with van der Waals surface area (Å²) in [5.74, 6) is 0. The molecule has 0 radical (unpaired) electrons. The van der Waals surface area contributed by atoms with Gasteiger partial charge in [0.2, 0.25) is 0 Å². The van der Waals surface area contributed by atoms with Crippen molar-refractivity contribution in [3.8, 4) is 11.1 Å². The number of hydrogen-bond donors (Lipinski definition) is 1. The van der Waals surface area contributed by atoms with Crippen molar-refractivity contribution in [1.29, 1.82) is 0 Å². The van der Waals surface area contributed by atoms with Crippen molar-refractivity contribution in [2.45, 2.75) is 6.10 Å². The van der Waals surface area contributed by atoms with Crippen molar-refractivity contribution >= 4 is 34.8 Å². The van der Waals surface area contributed by atoms with Crippen molar-refractivity contribution in [2.24, 2.45) is 0 Å². The van der Waals surface area contributed by atoms with E-state index in [9.17, 15) is 5.11 Å². The standard InChI is InChI=1S/C13H7Cl3O/c14-6-1-2-7-8-4-11(15)12(16)5-10(8)13(17)9(7)3-6/h1-5,13,17H/t13-/m1/s1. The van der Waals surface area contributed by atoms with Gasteiger partial charge in [-0.05, 0) is 46.5 Å². The van der Waals surface area contributed by atoms with Crippen LogP contribution in [0.5, 0.6) is 0 Å². The number of rotatable bonds is 0. The molecule has 1 nitrogen and oxygen atoms in total. The Kier molecular flexibility index (Phi) is 2.60. The van der Waals surface area contributed by atoms with E-state index in [1.54, 1.807) is 24.3 Å². The Balaban J connectivity index is 2.31. The Morgan fingerprint density at radius 1 is 0.824 bits per heavy atom. The van der Waals surface area contributed by atoms with Gasteiger partial charge in [-0.2, -0.15) is 0 Å². The minimum atomic E-state index is -0.687. The molecule has 3 rings (SSSR count). The number of fused-ring (bicyclic) bond motifs is 3. The van der Waals surface area contributed by atoms with E-state index in [4.69, 9.17) is 34.8 Å². The molecule has 0 heterocycles. The smallest absolute Gasteiger partial charge is 0.105 e. The van der Waals surface area contributed by atoms with Crippen LogP contribution < -0.4 is 0 Å². The molecule has 4 heteroatoms. The minimum Gasteiger partial charge on any atom is -0.384 e. The molecule has 86 valence electrons. The fourth-order valence-electron chi connectivity index (χ4n) is 2.19. The highest BCUT2D eigenvalue weighted by atomic mass is 35.5. The normalized spacial score (nSPS) is 16.8. The molecule has 1 atom stereocenters. The second-order valence-electron chi connectivity index (χ2n) is 3.99. The van der Waals surface area contributed by atoms with E-state index < -0.39 is 6.10 Å². The van der Waals surface area contributed by atoms with E-state index in [1.807, 2.05) is 6.07 Å². The first kappa shape index (κ1) is 11.4. The number of halogens is 3. The average molecular weight is 286 g/mol. The molecule has 0 spiro atoms. The quantitative estimate of drug-likeness (QED) is 0.743. The van der Waals surface area contributed by atoms with Gasteiger partial charge < -0.3 is 5.11 Å². The Bertz CT molecular complexity index is 622. The van der Waals surface area contributed by atoms with Crippen molar-refractivity contribution in [2.75, 3.05) is 0 Å². The van der Waals surface area contributed by atoms with Crippen molar-refractivity contribution in [3.05, 3.63) is 56.5 Å². The van der Waals surface area contributed by atoms with Gasteiger partial charge in [0.1, 0.15) is 6.10 Å². The highest BCUT2D eigenvalue weighted by molar-refractivity contribution is 6.42. The van der Waals surface area contributed by atoms with Gasteiger partial charge in [-0.1, -0.05) is 40.9 Å². The molecular weight excluding hydrogens is 279 g/mol. The fraction of sp³-hybridized carbons (Fsp3) is 0.0769. The van der Waals surface area contributed by atoms with Gasteiger partial charge in [0, 0.05) is 5.02 Å². The van der Waals surface area contributed by atoms with Crippen LogP contribution in [-0.4, -0.2) is 5.11 Å².